The van der Waals surface area contributed by atoms with Crippen LogP contribution in [0, 0.1) is 0 Å². The monoisotopic (exact) mass is 240 g/mol. The van der Waals surface area contributed by atoms with Crippen LogP contribution in [0.4, 0.5) is 0 Å². The number of hydrogen-bond donors (Lipinski definition) is 1. The minimum atomic E-state index is -0.285. The highest BCUT2D eigenvalue weighted by atomic mass is 16.5. The molecule has 0 spiro atoms. The summed E-state index contributed by atoms with van der Waals surface area (Å²) in [4.78, 5) is 5.14. The number of rotatable bonds is 1. The van der Waals surface area contributed by atoms with Crippen LogP contribution in [-0.4, -0.2) is 72.0 Å². The predicted octanol–water partition coefficient (Wildman–Crippen LogP) is 0.305. The zero-order valence-corrected chi connectivity index (χ0v) is 10.7. The lowest BCUT2D eigenvalue weighted by molar-refractivity contribution is -0.0298. The van der Waals surface area contributed by atoms with E-state index in [4.69, 9.17) is 4.74 Å². The number of nitrogens with zero attached hydrogens (tertiary/aromatic N) is 2. The van der Waals surface area contributed by atoms with Gasteiger partial charge >= 0.3 is 0 Å². The summed E-state index contributed by atoms with van der Waals surface area (Å²) in [7, 11) is 0. The molecule has 0 radical (unpaired) electrons. The molecule has 0 aliphatic carbocycles. The first-order valence-electron chi connectivity index (χ1n) is 7.01. The number of piperazine rings is 1. The van der Waals surface area contributed by atoms with E-state index in [1.54, 1.807) is 0 Å². The third-order valence-corrected chi connectivity index (χ3v) is 4.68. The summed E-state index contributed by atoms with van der Waals surface area (Å²) in [5.41, 5.74) is 0. The van der Waals surface area contributed by atoms with E-state index in [2.05, 4.69) is 16.7 Å². The molecule has 0 aromatic rings. The number of fused-ring (bicyclic) bond motifs is 1. The summed E-state index contributed by atoms with van der Waals surface area (Å²) in [6.07, 6.45) is 3.77. The van der Waals surface area contributed by atoms with Gasteiger partial charge in [-0.3, -0.25) is 9.80 Å². The van der Waals surface area contributed by atoms with Gasteiger partial charge in [-0.25, -0.2) is 0 Å². The van der Waals surface area contributed by atoms with Crippen molar-refractivity contribution in [1.29, 1.82) is 0 Å². The van der Waals surface area contributed by atoms with Crippen molar-refractivity contribution in [2.75, 3.05) is 32.8 Å². The van der Waals surface area contributed by atoms with Crippen LogP contribution in [0.25, 0.3) is 0 Å². The Morgan fingerprint density at radius 2 is 2.06 bits per heavy atom. The molecule has 1 N–H and O–H groups in total. The zero-order chi connectivity index (χ0) is 11.8. The molecular formula is C13H24N2O2. The summed E-state index contributed by atoms with van der Waals surface area (Å²) < 4.78 is 5.40. The van der Waals surface area contributed by atoms with Crippen molar-refractivity contribution >= 4 is 0 Å². The molecule has 0 saturated carbocycles. The molecular weight excluding hydrogens is 216 g/mol. The van der Waals surface area contributed by atoms with Gasteiger partial charge in [-0.05, 0) is 26.3 Å². The van der Waals surface area contributed by atoms with Crippen LogP contribution in [0.5, 0.6) is 0 Å². The van der Waals surface area contributed by atoms with Crippen molar-refractivity contribution < 1.29 is 9.84 Å². The number of hydrogen-bond acceptors (Lipinski definition) is 4. The average Bonchev–Trinajstić information content (AvgIpc) is 2.74. The van der Waals surface area contributed by atoms with Gasteiger partial charge in [-0.15, -0.1) is 0 Å². The van der Waals surface area contributed by atoms with Gasteiger partial charge in [-0.2, -0.15) is 0 Å². The van der Waals surface area contributed by atoms with E-state index in [9.17, 15) is 5.11 Å². The van der Waals surface area contributed by atoms with Crippen molar-refractivity contribution in [2.45, 2.75) is 50.4 Å². The molecule has 0 aromatic carbocycles. The lowest BCUT2D eigenvalue weighted by atomic mass is 9.95. The second-order valence-electron chi connectivity index (χ2n) is 5.86. The van der Waals surface area contributed by atoms with Crippen LogP contribution in [0.3, 0.4) is 0 Å². The maximum Gasteiger partial charge on any atom is 0.0950 e. The predicted molar refractivity (Wildman–Crippen MR) is 66.0 cm³/mol. The number of ether oxygens (including phenoxy) is 1. The maximum absolute atomic E-state index is 9.97. The molecule has 98 valence electrons. The van der Waals surface area contributed by atoms with E-state index < -0.39 is 0 Å². The van der Waals surface area contributed by atoms with Crippen molar-refractivity contribution in [3.05, 3.63) is 0 Å². The van der Waals surface area contributed by atoms with E-state index in [0.717, 1.165) is 13.1 Å². The summed E-state index contributed by atoms with van der Waals surface area (Å²) in [6, 6.07) is 1.49. The largest absolute Gasteiger partial charge is 0.389 e. The van der Waals surface area contributed by atoms with E-state index in [1.807, 2.05) is 0 Å². The van der Waals surface area contributed by atoms with Gasteiger partial charge in [0.1, 0.15) is 0 Å². The number of aliphatic hydroxyl groups is 1. The van der Waals surface area contributed by atoms with Gasteiger partial charge in [0.15, 0.2) is 0 Å². The van der Waals surface area contributed by atoms with E-state index in [1.165, 1.54) is 25.8 Å². The third-order valence-electron chi connectivity index (χ3n) is 4.68. The Labute approximate surface area is 104 Å². The second-order valence-corrected chi connectivity index (χ2v) is 5.86. The Morgan fingerprint density at radius 1 is 1.18 bits per heavy atom. The fourth-order valence-corrected chi connectivity index (χ4v) is 3.69. The van der Waals surface area contributed by atoms with E-state index in [0.29, 0.717) is 25.3 Å². The van der Waals surface area contributed by atoms with Gasteiger partial charge in [0.2, 0.25) is 0 Å². The SMILES string of the molecule is CC1CN2CCCCC2CN1C1COCC1O. The van der Waals surface area contributed by atoms with Crippen LogP contribution < -0.4 is 0 Å². The van der Waals surface area contributed by atoms with Crippen LogP contribution in [0.15, 0.2) is 0 Å². The van der Waals surface area contributed by atoms with Gasteiger partial charge in [0.25, 0.3) is 0 Å². The molecule has 4 heteroatoms. The zero-order valence-electron chi connectivity index (χ0n) is 10.7. The molecule has 3 fully saturated rings. The Balaban J connectivity index is 1.68. The topological polar surface area (TPSA) is 35.9 Å². The van der Waals surface area contributed by atoms with Gasteiger partial charge in [-0.1, -0.05) is 6.42 Å². The third kappa shape index (κ3) is 2.24. The highest BCUT2D eigenvalue weighted by Crippen LogP contribution is 2.27. The smallest absolute Gasteiger partial charge is 0.0950 e. The van der Waals surface area contributed by atoms with Crippen LogP contribution in [0.2, 0.25) is 0 Å². The molecule has 4 nitrogen and oxygen atoms in total. The first kappa shape index (κ1) is 11.9. The fourth-order valence-electron chi connectivity index (χ4n) is 3.69. The summed E-state index contributed by atoms with van der Waals surface area (Å²) >= 11 is 0. The second kappa shape index (κ2) is 4.84. The lowest BCUT2D eigenvalue weighted by Crippen LogP contribution is -2.62. The van der Waals surface area contributed by atoms with Gasteiger partial charge in [0.05, 0.1) is 25.4 Å². The minimum Gasteiger partial charge on any atom is -0.389 e. The summed E-state index contributed by atoms with van der Waals surface area (Å²) in [5, 5.41) is 9.97. The Hall–Kier alpha value is -0.160. The number of aliphatic hydroxyl groups excluding tert-OH is 1. The van der Waals surface area contributed by atoms with Crippen molar-refractivity contribution in [3.8, 4) is 0 Å². The Kier molecular flexibility index (Phi) is 3.39. The molecule has 3 saturated heterocycles. The lowest BCUT2D eigenvalue weighted by Gasteiger charge is -2.49. The summed E-state index contributed by atoms with van der Waals surface area (Å²) in [6.45, 7) is 7.06. The number of piperidine rings is 1. The van der Waals surface area contributed by atoms with Crippen molar-refractivity contribution in [2.24, 2.45) is 0 Å². The highest BCUT2D eigenvalue weighted by Gasteiger charge is 2.40. The molecule has 3 heterocycles. The van der Waals surface area contributed by atoms with E-state index >= 15 is 0 Å². The molecule has 0 aromatic heterocycles. The molecule has 3 aliphatic heterocycles. The molecule has 3 rings (SSSR count). The van der Waals surface area contributed by atoms with Crippen molar-refractivity contribution in [3.63, 3.8) is 0 Å². The quantitative estimate of drug-likeness (QED) is 0.715. The van der Waals surface area contributed by atoms with E-state index in [-0.39, 0.29) is 12.1 Å². The normalized spacial score (nSPS) is 44.8. The van der Waals surface area contributed by atoms with Gasteiger partial charge in [0, 0.05) is 25.2 Å². The standard InChI is InChI=1S/C13H24N2O2/c1-10-6-14-5-3-2-4-11(14)7-15(10)12-8-17-9-13(12)16/h10-13,16H,2-9H2,1H3. The molecule has 4 unspecified atom stereocenters. The Morgan fingerprint density at radius 3 is 2.82 bits per heavy atom. The first-order valence-corrected chi connectivity index (χ1v) is 7.01. The minimum absolute atomic E-state index is 0.231. The van der Waals surface area contributed by atoms with Crippen LogP contribution in [-0.2, 0) is 4.74 Å². The molecule has 3 aliphatic rings. The van der Waals surface area contributed by atoms with Crippen LogP contribution in [0.1, 0.15) is 26.2 Å². The van der Waals surface area contributed by atoms with Gasteiger partial charge < -0.3 is 9.84 Å². The molecule has 0 amide bonds. The van der Waals surface area contributed by atoms with Crippen molar-refractivity contribution in [1.82, 2.24) is 9.80 Å². The molecule has 17 heavy (non-hydrogen) atoms. The fraction of sp³-hybridized carbons (Fsp3) is 1.00. The summed E-state index contributed by atoms with van der Waals surface area (Å²) in [5.74, 6) is 0. The Bertz CT molecular complexity index is 274. The average molecular weight is 240 g/mol. The first-order chi connectivity index (χ1) is 8.25. The molecule has 0 bridgehead atoms. The maximum atomic E-state index is 9.97. The highest BCUT2D eigenvalue weighted by molar-refractivity contribution is 4.95. The van der Waals surface area contributed by atoms with Crippen LogP contribution >= 0.6 is 0 Å². The molecule has 4 atom stereocenters.